The molecule has 2 aromatic rings. The molecule has 0 amide bonds. The Morgan fingerprint density at radius 3 is 2.41 bits per heavy atom. The van der Waals surface area contributed by atoms with E-state index in [9.17, 15) is 13.2 Å². The maximum absolute atomic E-state index is 13.4. The lowest BCUT2D eigenvalue weighted by Crippen LogP contribution is -2.24. The fourth-order valence-corrected chi connectivity index (χ4v) is 4.61. The van der Waals surface area contributed by atoms with Crippen LogP contribution in [0.2, 0.25) is 0 Å². The summed E-state index contributed by atoms with van der Waals surface area (Å²) < 4.78 is 41.1. The van der Waals surface area contributed by atoms with Crippen LogP contribution in [0, 0.1) is 0 Å². The van der Waals surface area contributed by atoms with Crippen LogP contribution in [0.25, 0.3) is 12.2 Å². The molecular weight excluding hydrogens is 373 g/mol. The van der Waals surface area contributed by atoms with E-state index >= 15 is 0 Å². The minimum absolute atomic E-state index is 0.255. The molecule has 5 heteroatoms. The molecule has 2 aromatic carbocycles. The molecule has 2 heterocycles. The molecule has 4 bridgehead atoms. The summed E-state index contributed by atoms with van der Waals surface area (Å²) in [6.07, 6.45) is -0.244. The van der Waals surface area contributed by atoms with Gasteiger partial charge in [0.15, 0.2) is 0 Å². The number of rotatable bonds is 0. The third-order valence-corrected chi connectivity index (χ3v) is 6.05. The summed E-state index contributed by atoms with van der Waals surface area (Å²) in [5.41, 5.74) is -0.410. The molecule has 0 saturated heterocycles. The van der Waals surface area contributed by atoms with E-state index < -0.39 is 17.2 Å². The van der Waals surface area contributed by atoms with Gasteiger partial charge in [-0.25, -0.2) is 0 Å². The van der Waals surface area contributed by atoms with E-state index in [4.69, 9.17) is 0 Å². The number of halogens is 4. The molecule has 2 aliphatic heterocycles. The van der Waals surface area contributed by atoms with Gasteiger partial charge in [-0.2, -0.15) is 13.2 Å². The zero-order chi connectivity index (χ0) is 15.7. The summed E-state index contributed by atoms with van der Waals surface area (Å²) in [6, 6.07) is 8.45. The van der Waals surface area contributed by atoms with E-state index in [0.717, 1.165) is 19.8 Å². The molecule has 0 radical (unpaired) electrons. The first-order chi connectivity index (χ1) is 10.3. The Balaban J connectivity index is 2.11. The van der Waals surface area contributed by atoms with Gasteiger partial charge in [0.1, 0.15) is 0 Å². The van der Waals surface area contributed by atoms with Gasteiger partial charge in [0.2, 0.25) is 0 Å². The van der Waals surface area contributed by atoms with Crippen molar-refractivity contribution in [2.45, 2.75) is 28.3 Å². The second-order valence-electron chi connectivity index (χ2n) is 5.75. The van der Waals surface area contributed by atoms with Gasteiger partial charge in [-0.05, 0) is 47.2 Å². The van der Waals surface area contributed by atoms with E-state index in [1.165, 1.54) is 17.8 Å². The Kier molecular flexibility index (Phi) is 2.89. The quantitative estimate of drug-likeness (QED) is 0.647. The molecule has 0 nitrogen and oxygen atoms in total. The molecular formula is C17H10BrF3S. The number of hydrogen-bond donors (Lipinski definition) is 0. The summed E-state index contributed by atoms with van der Waals surface area (Å²) in [6.45, 7) is 1.95. The van der Waals surface area contributed by atoms with Crippen molar-refractivity contribution < 1.29 is 13.2 Å². The molecule has 22 heavy (non-hydrogen) atoms. The van der Waals surface area contributed by atoms with Crippen molar-refractivity contribution in [1.29, 1.82) is 0 Å². The van der Waals surface area contributed by atoms with Gasteiger partial charge in [0, 0.05) is 19.7 Å². The summed E-state index contributed by atoms with van der Waals surface area (Å²) in [5.74, 6) is 0. The minimum Gasteiger partial charge on any atom is -0.166 e. The average Bonchev–Trinajstić information content (AvgIpc) is 2.84. The molecule has 112 valence electrons. The van der Waals surface area contributed by atoms with Gasteiger partial charge < -0.3 is 0 Å². The van der Waals surface area contributed by atoms with Crippen LogP contribution in [0.15, 0.2) is 44.6 Å². The third kappa shape index (κ3) is 1.98. The molecule has 0 fully saturated rings. The van der Waals surface area contributed by atoms with Crippen LogP contribution in [0.3, 0.4) is 0 Å². The molecule has 0 saturated carbocycles. The van der Waals surface area contributed by atoms with E-state index in [1.54, 1.807) is 12.1 Å². The molecule has 5 rings (SSSR count). The molecule has 0 N–H and O–H groups in total. The Labute approximate surface area is 137 Å². The lowest BCUT2D eigenvalue weighted by atomic mass is 9.83. The van der Waals surface area contributed by atoms with E-state index in [2.05, 4.69) is 22.0 Å². The van der Waals surface area contributed by atoms with Crippen molar-refractivity contribution in [3.05, 3.63) is 56.4 Å². The first-order valence-corrected chi connectivity index (χ1v) is 8.33. The summed E-state index contributed by atoms with van der Waals surface area (Å²) in [7, 11) is 0. The highest BCUT2D eigenvalue weighted by Gasteiger charge is 2.37. The van der Waals surface area contributed by atoms with Gasteiger partial charge in [0.05, 0.1) is 5.56 Å². The number of hydrogen-bond acceptors (Lipinski definition) is 1. The molecule has 1 unspecified atom stereocenters. The summed E-state index contributed by atoms with van der Waals surface area (Å²) >= 11 is 4.72. The molecule has 0 spiro atoms. The van der Waals surface area contributed by atoms with Crippen molar-refractivity contribution in [3.63, 3.8) is 0 Å². The monoisotopic (exact) mass is 382 g/mol. The summed E-state index contributed by atoms with van der Waals surface area (Å²) in [4.78, 5) is 1.11. The SMILES string of the molecule is CC12C=c3c(Br)ccc(c3=C1)Sc1ccc2cc1C(F)(F)F. The van der Waals surface area contributed by atoms with Crippen molar-refractivity contribution >= 4 is 39.8 Å². The van der Waals surface area contributed by atoms with Crippen molar-refractivity contribution in [2.75, 3.05) is 0 Å². The molecule has 0 aromatic heterocycles. The molecule has 3 aliphatic rings. The van der Waals surface area contributed by atoms with Crippen molar-refractivity contribution in [3.8, 4) is 0 Å². The van der Waals surface area contributed by atoms with Crippen LogP contribution >= 0.6 is 27.7 Å². The van der Waals surface area contributed by atoms with E-state index in [1.807, 2.05) is 25.1 Å². The predicted octanol–water partition coefficient (Wildman–Crippen LogP) is 4.47. The largest absolute Gasteiger partial charge is 0.417 e. The highest BCUT2D eigenvalue weighted by Crippen LogP contribution is 2.43. The highest BCUT2D eigenvalue weighted by atomic mass is 79.9. The fourth-order valence-electron chi connectivity index (χ4n) is 3.08. The van der Waals surface area contributed by atoms with Gasteiger partial charge >= 0.3 is 6.18 Å². The van der Waals surface area contributed by atoms with E-state index in [0.29, 0.717) is 5.56 Å². The first-order valence-electron chi connectivity index (χ1n) is 6.72. The maximum atomic E-state index is 13.4. The van der Waals surface area contributed by atoms with Crippen molar-refractivity contribution in [2.24, 2.45) is 0 Å². The topological polar surface area (TPSA) is 0 Å². The lowest BCUT2D eigenvalue weighted by Gasteiger charge is -2.22. The first kappa shape index (κ1) is 14.4. The van der Waals surface area contributed by atoms with Crippen molar-refractivity contribution in [1.82, 2.24) is 0 Å². The van der Waals surface area contributed by atoms with Crippen LogP contribution in [0.5, 0.6) is 0 Å². The maximum Gasteiger partial charge on any atom is 0.417 e. The smallest absolute Gasteiger partial charge is 0.166 e. The Hall–Kier alpha value is -1.20. The minimum atomic E-state index is -4.35. The zero-order valence-electron chi connectivity index (χ0n) is 11.5. The number of benzene rings is 2. The lowest BCUT2D eigenvalue weighted by molar-refractivity contribution is -0.139. The van der Waals surface area contributed by atoms with Crippen LogP contribution in [-0.2, 0) is 11.6 Å². The molecule has 1 aliphatic carbocycles. The van der Waals surface area contributed by atoms with Crippen LogP contribution in [0.4, 0.5) is 13.2 Å². The standard InChI is InChI=1S/C17H10BrF3S/c1-16-7-10-11(8-16)14(5-3-13(10)18)22-15-4-2-9(16)6-12(15)17(19,20)21/h2-8H,1H3. The van der Waals surface area contributed by atoms with Crippen LogP contribution in [0.1, 0.15) is 18.1 Å². The van der Waals surface area contributed by atoms with Gasteiger partial charge in [-0.15, -0.1) is 0 Å². The van der Waals surface area contributed by atoms with Gasteiger partial charge in [0.25, 0.3) is 0 Å². The average molecular weight is 383 g/mol. The summed E-state index contributed by atoms with van der Waals surface area (Å²) in [5, 5.41) is 2.07. The Bertz CT molecular complexity index is 930. The molecule has 1 atom stereocenters. The number of alkyl halides is 3. The third-order valence-electron chi connectivity index (χ3n) is 4.21. The van der Waals surface area contributed by atoms with Crippen LogP contribution in [-0.4, -0.2) is 0 Å². The zero-order valence-corrected chi connectivity index (χ0v) is 13.9. The van der Waals surface area contributed by atoms with Gasteiger partial charge in [-0.3, -0.25) is 0 Å². The predicted molar refractivity (Wildman–Crippen MR) is 85.2 cm³/mol. The second-order valence-corrected chi connectivity index (χ2v) is 7.69. The Morgan fingerprint density at radius 1 is 1.00 bits per heavy atom. The fraction of sp³-hybridized carbons (Fsp3) is 0.176. The van der Waals surface area contributed by atoms with E-state index in [-0.39, 0.29) is 4.90 Å². The van der Waals surface area contributed by atoms with Gasteiger partial charge in [-0.1, -0.05) is 45.9 Å². The second kappa shape index (κ2) is 4.42. The van der Waals surface area contributed by atoms with Crippen LogP contribution < -0.4 is 10.4 Å². The normalized spacial score (nSPS) is 21.7. The Morgan fingerprint density at radius 2 is 1.68 bits per heavy atom. The highest BCUT2D eigenvalue weighted by molar-refractivity contribution is 9.10. The number of fused-ring (bicyclic) bond motifs is 2.